The van der Waals surface area contributed by atoms with Gasteiger partial charge in [-0.05, 0) is 36.2 Å². The van der Waals surface area contributed by atoms with Crippen LogP contribution in [0.2, 0.25) is 0 Å². The molecule has 0 spiro atoms. The molecule has 0 saturated carbocycles. The molecule has 3 rings (SSSR count). The molecule has 1 aliphatic rings. The van der Waals surface area contributed by atoms with Crippen LogP contribution in [0, 0.1) is 5.82 Å². The van der Waals surface area contributed by atoms with Crippen LogP contribution in [0.4, 0.5) is 4.39 Å². The molecule has 0 aromatic heterocycles. The van der Waals surface area contributed by atoms with Gasteiger partial charge in [0.2, 0.25) is 20.0 Å². The zero-order valence-electron chi connectivity index (χ0n) is 14.7. The van der Waals surface area contributed by atoms with Crippen molar-refractivity contribution in [2.24, 2.45) is 0 Å². The lowest BCUT2D eigenvalue weighted by atomic mass is 10.2. The van der Waals surface area contributed by atoms with Gasteiger partial charge in [-0.1, -0.05) is 30.3 Å². The van der Waals surface area contributed by atoms with Crippen molar-refractivity contribution in [1.29, 1.82) is 0 Å². The number of halogens is 1. The van der Waals surface area contributed by atoms with Crippen LogP contribution in [0.3, 0.4) is 0 Å². The molecule has 0 atom stereocenters. The second-order valence-electron chi connectivity index (χ2n) is 6.35. The summed E-state index contributed by atoms with van der Waals surface area (Å²) in [4.78, 5) is 0.00416. The molecule has 2 aromatic carbocycles. The first-order valence-electron chi connectivity index (χ1n) is 8.56. The van der Waals surface area contributed by atoms with Gasteiger partial charge in [0.1, 0.15) is 5.82 Å². The summed E-state index contributed by atoms with van der Waals surface area (Å²) in [5.74, 6) is -0.624. The van der Waals surface area contributed by atoms with E-state index in [1.807, 2.05) is 6.07 Å². The summed E-state index contributed by atoms with van der Waals surface area (Å²) in [5.41, 5.74) is 0.692. The molecule has 1 aliphatic heterocycles. The molecule has 0 bridgehead atoms. The molecule has 0 N–H and O–H groups in total. The highest BCUT2D eigenvalue weighted by Crippen LogP contribution is 2.20. The Morgan fingerprint density at radius 1 is 0.778 bits per heavy atom. The molecule has 0 radical (unpaired) electrons. The quantitative estimate of drug-likeness (QED) is 0.753. The Labute approximate surface area is 159 Å². The highest BCUT2D eigenvalue weighted by atomic mass is 32.2. The highest BCUT2D eigenvalue weighted by Gasteiger charge is 2.30. The number of sulfonamides is 2. The summed E-state index contributed by atoms with van der Waals surface area (Å²) in [6, 6.07) is 13.5. The Hall–Kier alpha value is -1.81. The van der Waals surface area contributed by atoms with Crippen LogP contribution in [0.1, 0.15) is 12.0 Å². The third-order valence-corrected chi connectivity index (χ3v) is 8.21. The van der Waals surface area contributed by atoms with E-state index in [1.165, 1.54) is 20.7 Å². The van der Waals surface area contributed by atoms with Crippen molar-refractivity contribution in [2.75, 3.05) is 26.2 Å². The maximum Gasteiger partial charge on any atom is 0.243 e. The summed E-state index contributed by atoms with van der Waals surface area (Å²) in [7, 11) is -7.32. The maximum absolute atomic E-state index is 13.1. The minimum Gasteiger partial charge on any atom is -0.212 e. The number of benzene rings is 2. The minimum absolute atomic E-state index is 0.00416. The third kappa shape index (κ3) is 4.73. The normalized spacial score (nSPS) is 17.5. The van der Waals surface area contributed by atoms with Crippen molar-refractivity contribution in [3.05, 3.63) is 66.0 Å². The summed E-state index contributed by atoms with van der Waals surface area (Å²) in [5, 5.41) is 0. The van der Waals surface area contributed by atoms with Crippen LogP contribution in [0.15, 0.2) is 59.5 Å². The molecule has 27 heavy (non-hydrogen) atoms. The number of hydrogen-bond donors (Lipinski definition) is 0. The molecule has 6 nitrogen and oxygen atoms in total. The fourth-order valence-corrected chi connectivity index (χ4v) is 6.05. The highest BCUT2D eigenvalue weighted by molar-refractivity contribution is 7.89. The average molecular weight is 413 g/mol. The zero-order chi connectivity index (χ0) is 19.5. The van der Waals surface area contributed by atoms with E-state index >= 15 is 0 Å². The summed E-state index contributed by atoms with van der Waals surface area (Å²) in [6.07, 6.45) is 0.397. The van der Waals surface area contributed by atoms with Gasteiger partial charge in [0.25, 0.3) is 0 Å². The average Bonchev–Trinajstić information content (AvgIpc) is 2.90. The molecule has 0 amide bonds. The van der Waals surface area contributed by atoms with Crippen LogP contribution in [0.5, 0.6) is 0 Å². The smallest absolute Gasteiger partial charge is 0.212 e. The Bertz CT molecular complexity index is 978. The largest absolute Gasteiger partial charge is 0.243 e. The van der Waals surface area contributed by atoms with Crippen LogP contribution < -0.4 is 0 Å². The lowest BCUT2D eigenvalue weighted by Crippen LogP contribution is -2.37. The lowest BCUT2D eigenvalue weighted by Gasteiger charge is -2.21. The molecule has 9 heteroatoms. The Morgan fingerprint density at radius 2 is 1.37 bits per heavy atom. The van der Waals surface area contributed by atoms with Gasteiger partial charge in [-0.15, -0.1) is 0 Å². The predicted octanol–water partition coefficient (Wildman–Crippen LogP) is 2.05. The molecule has 1 saturated heterocycles. The van der Waals surface area contributed by atoms with E-state index in [0.717, 1.165) is 12.1 Å². The maximum atomic E-state index is 13.1. The predicted molar refractivity (Wildman–Crippen MR) is 100 cm³/mol. The molecule has 1 heterocycles. The van der Waals surface area contributed by atoms with Crippen molar-refractivity contribution in [3.8, 4) is 0 Å². The van der Waals surface area contributed by atoms with E-state index in [0.29, 0.717) is 12.0 Å². The Morgan fingerprint density at radius 3 is 2.04 bits per heavy atom. The second-order valence-corrected chi connectivity index (χ2v) is 10.3. The SMILES string of the molecule is O=S(=O)(Cc1ccccc1)N1CCCN(S(=O)(=O)c2ccc(F)cc2)CC1. The summed E-state index contributed by atoms with van der Waals surface area (Å²) in [6.45, 7) is 0.644. The van der Waals surface area contributed by atoms with Crippen molar-refractivity contribution >= 4 is 20.0 Å². The first kappa shape index (κ1) is 19.9. The molecule has 146 valence electrons. The monoisotopic (exact) mass is 412 g/mol. The number of nitrogens with zero attached hydrogens (tertiary/aromatic N) is 2. The molecule has 0 aliphatic carbocycles. The van der Waals surface area contributed by atoms with Crippen LogP contribution in [-0.2, 0) is 25.8 Å². The number of hydrogen-bond acceptors (Lipinski definition) is 4. The molecule has 2 aromatic rings. The third-order valence-electron chi connectivity index (χ3n) is 4.45. The van der Waals surface area contributed by atoms with E-state index in [1.54, 1.807) is 24.3 Å². The summed E-state index contributed by atoms with van der Waals surface area (Å²) < 4.78 is 66.5. The van der Waals surface area contributed by atoms with Gasteiger partial charge in [-0.3, -0.25) is 0 Å². The fourth-order valence-electron chi connectivity index (χ4n) is 3.02. The van der Waals surface area contributed by atoms with Crippen LogP contribution >= 0.6 is 0 Å². The summed E-state index contributed by atoms with van der Waals surface area (Å²) >= 11 is 0. The first-order valence-corrected chi connectivity index (χ1v) is 11.6. The van der Waals surface area contributed by atoms with E-state index in [4.69, 9.17) is 0 Å². The van der Waals surface area contributed by atoms with Crippen molar-refractivity contribution in [3.63, 3.8) is 0 Å². The van der Waals surface area contributed by atoms with Gasteiger partial charge in [-0.2, -0.15) is 4.31 Å². The van der Waals surface area contributed by atoms with Crippen molar-refractivity contribution in [2.45, 2.75) is 17.1 Å². The standard InChI is InChI=1S/C18H21FN2O4S2/c19-17-7-9-18(10-8-17)27(24,25)21-12-4-11-20(13-14-21)26(22,23)15-16-5-2-1-3-6-16/h1-3,5-10H,4,11-15H2. The van der Waals surface area contributed by atoms with Gasteiger partial charge in [0.15, 0.2) is 0 Å². The molecule has 0 unspecified atom stereocenters. The van der Waals surface area contributed by atoms with Gasteiger partial charge >= 0.3 is 0 Å². The van der Waals surface area contributed by atoms with E-state index < -0.39 is 25.9 Å². The van der Waals surface area contributed by atoms with Gasteiger partial charge in [0.05, 0.1) is 10.6 Å². The van der Waals surface area contributed by atoms with Crippen LogP contribution in [-0.4, -0.2) is 51.6 Å². The first-order chi connectivity index (χ1) is 12.8. The molecule has 1 fully saturated rings. The van der Waals surface area contributed by atoms with Crippen molar-refractivity contribution < 1.29 is 21.2 Å². The van der Waals surface area contributed by atoms with Crippen LogP contribution in [0.25, 0.3) is 0 Å². The van der Waals surface area contributed by atoms with Gasteiger partial charge in [0, 0.05) is 26.2 Å². The lowest BCUT2D eigenvalue weighted by molar-refractivity contribution is 0.404. The van der Waals surface area contributed by atoms with Gasteiger partial charge in [-0.25, -0.2) is 25.5 Å². The number of rotatable bonds is 5. The van der Waals surface area contributed by atoms with Gasteiger partial charge < -0.3 is 0 Å². The molecular formula is C18H21FN2O4S2. The minimum atomic E-state index is -3.78. The zero-order valence-corrected chi connectivity index (χ0v) is 16.3. The second kappa shape index (κ2) is 8.05. The molecular weight excluding hydrogens is 391 g/mol. The fraction of sp³-hybridized carbons (Fsp3) is 0.333. The Kier molecular flexibility index (Phi) is 5.95. The Balaban J connectivity index is 1.72. The van der Waals surface area contributed by atoms with E-state index in [9.17, 15) is 21.2 Å². The van der Waals surface area contributed by atoms with Crippen molar-refractivity contribution in [1.82, 2.24) is 8.61 Å². The topological polar surface area (TPSA) is 74.8 Å². The van der Waals surface area contributed by atoms with E-state index in [2.05, 4.69) is 0 Å². The van der Waals surface area contributed by atoms with E-state index in [-0.39, 0.29) is 36.8 Å².